The second-order valence-electron chi connectivity index (χ2n) is 6.96. The highest BCUT2D eigenvalue weighted by atomic mass is 16.4. The summed E-state index contributed by atoms with van der Waals surface area (Å²) >= 11 is 0. The molecule has 1 heterocycles. The first-order valence-electron chi connectivity index (χ1n) is 8.58. The fourth-order valence-corrected chi connectivity index (χ4v) is 4.08. The fraction of sp³-hybridized carbons (Fsp3) is 0.882. The van der Waals surface area contributed by atoms with Crippen LogP contribution in [0.4, 0.5) is 0 Å². The summed E-state index contributed by atoms with van der Waals surface area (Å²) < 4.78 is 0. The van der Waals surface area contributed by atoms with E-state index in [9.17, 15) is 14.7 Å². The van der Waals surface area contributed by atoms with Gasteiger partial charge in [-0.1, -0.05) is 32.6 Å². The van der Waals surface area contributed by atoms with Crippen molar-refractivity contribution in [2.24, 2.45) is 11.3 Å². The molecule has 1 unspecified atom stereocenters. The highest BCUT2D eigenvalue weighted by Gasteiger charge is 2.42. The molecule has 2 rings (SSSR count). The molecular weight excluding hydrogens is 266 g/mol. The number of hydrogen-bond donors (Lipinski definition) is 1. The number of hydrogen-bond acceptors (Lipinski definition) is 2. The van der Waals surface area contributed by atoms with Crippen molar-refractivity contribution in [3.05, 3.63) is 0 Å². The van der Waals surface area contributed by atoms with Crippen LogP contribution in [-0.2, 0) is 9.59 Å². The second-order valence-corrected chi connectivity index (χ2v) is 6.96. The molecule has 2 fully saturated rings. The predicted octanol–water partition coefficient (Wildman–Crippen LogP) is 3.45. The van der Waals surface area contributed by atoms with Gasteiger partial charge in [0.25, 0.3) is 0 Å². The van der Waals surface area contributed by atoms with Crippen molar-refractivity contribution < 1.29 is 14.7 Å². The molecule has 0 bridgehead atoms. The van der Waals surface area contributed by atoms with Crippen molar-refractivity contribution >= 4 is 11.9 Å². The Hall–Kier alpha value is -1.06. The molecule has 120 valence electrons. The van der Waals surface area contributed by atoms with Gasteiger partial charge in [-0.2, -0.15) is 0 Å². The Morgan fingerprint density at radius 1 is 1.19 bits per heavy atom. The summed E-state index contributed by atoms with van der Waals surface area (Å²) in [5, 5.41) is 9.60. The highest BCUT2D eigenvalue weighted by molar-refractivity contribution is 5.80. The minimum absolute atomic E-state index is 0.184. The summed E-state index contributed by atoms with van der Waals surface area (Å²) in [5.41, 5.74) is -0.699. The third-order valence-corrected chi connectivity index (χ3v) is 5.30. The Morgan fingerprint density at radius 2 is 1.90 bits per heavy atom. The van der Waals surface area contributed by atoms with Gasteiger partial charge < -0.3 is 10.0 Å². The van der Waals surface area contributed by atoms with Crippen molar-refractivity contribution in [1.82, 2.24) is 4.90 Å². The van der Waals surface area contributed by atoms with E-state index >= 15 is 0 Å². The third kappa shape index (κ3) is 3.98. The molecule has 4 nitrogen and oxygen atoms in total. The van der Waals surface area contributed by atoms with Crippen molar-refractivity contribution in [2.45, 2.75) is 71.1 Å². The molecule has 0 aromatic rings. The number of amides is 1. The number of carboxylic acid groups (broad SMARTS) is 1. The van der Waals surface area contributed by atoms with Crippen LogP contribution in [0, 0.1) is 11.3 Å². The van der Waals surface area contributed by atoms with Gasteiger partial charge in [0.1, 0.15) is 0 Å². The lowest BCUT2D eigenvalue weighted by Gasteiger charge is -2.40. The minimum atomic E-state index is -0.723. The molecule has 2 aliphatic rings. The fourth-order valence-electron chi connectivity index (χ4n) is 4.08. The van der Waals surface area contributed by atoms with Crippen molar-refractivity contribution in [1.29, 1.82) is 0 Å². The van der Waals surface area contributed by atoms with Crippen LogP contribution in [0.5, 0.6) is 0 Å². The van der Waals surface area contributed by atoms with Crippen LogP contribution in [0.2, 0.25) is 0 Å². The van der Waals surface area contributed by atoms with Crippen molar-refractivity contribution in [3.8, 4) is 0 Å². The number of likely N-dealkylation sites (tertiary alicyclic amines) is 1. The average molecular weight is 295 g/mol. The van der Waals surface area contributed by atoms with E-state index in [1.807, 2.05) is 11.8 Å². The van der Waals surface area contributed by atoms with E-state index in [1.165, 1.54) is 32.1 Å². The van der Waals surface area contributed by atoms with Crippen molar-refractivity contribution in [3.63, 3.8) is 0 Å². The summed E-state index contributed by atoms with van der Waals surface area (Å²) in [4.78, 5) is 26.0. The zero-order valence-electron chi connectivity index (χ0n) is 13.3. The smallest absolute Gasteiger partial charge is 0.311 e. The number of rotatable bonds is 5. The Kier molecular flexibility index (Phi) is 5.65. The monoisotopic (exact) mass is 295 g/mol. The number of carboxylic acids is 1. The Labute approximate surface area is 127 Å². The quantitative estimate of drug-likeness (QED) is 0.845. The Bertz CT molecular complexity index is 372. The number of carbonyl (C=O) groups excluding carboxylic acids is 1. The van der Waals surface area contributed by atoms with Gasteiger partial charge in [0, 0.05) is 19.5 Å². The van der Waals surface area contributed by atoms with E-state index in [0.29, 0.717) is 31.7 Å². The molecule has 1 saturated heterocycles. The number of nitrogens with zero attached hydrogens (tertiary/aromatic N) is 1. The first-order valence-corrected chi connectivity index (χ1v) is 8.58. The van der Waals surface area contributed by atoms with Gasteiger partial charge in [-0.05, 0) is 38.0 Å². The molecule has 1 aliphatic heterocycles. The Balaban J connectivity index is 1.95. The third-order valence-electron chi connectivity index (χ3n) is 5.30. The summed E-state index contributed by atoms with van der Waals surface area (Å²) in [5.74, 6) is -0.0126. The van der Waals surface area contributed by atoms with Crippen LogP contribution >= 0.6 is 0 Å². The SMILES string of the molecule is CCCC1(C(=O)O)CCCN(C(=O)CC2CCCCC2)C1. The van der Waals surface area contributed by atoms with Gasteiger partial charge >= 0.3 is 5.97 Å². The average Bonchev–Trinajstić information content (AvgIpc) is 2.48. The maximum atomic E-state index is 12.5. The van der Waals surface area contributed by atoms with Gasteiger partial charge in [0.2, 0.25) is 5.91 Å². The van der Waals surface area contributed by atoms with Crippen LogP contribution < -0.4 is 0 Å². The van der Waals surface area contributed by atoms with Gasteiger partial charge in [-0.15, -0.1) is 0 Å². The van der Waals surface area contributed by atoms with E-state index in [1.54, 1.807) is 0 Å². The molecule has 0 radical (unpaired) electrons. The summed E-state index contributed by atoms with van der Waals surface area (Å²) in [6, 6.07) is 0. The van der Waals surface area contributed by atoms with Gasteiger partial charge in [0.15, 0.2) is 0 Å². The van der Waals surface area contributed by atoms with E-state index in [4.69, 9.17) is 0 Å². The number of piperidine rings is 1. The number of aliphatic carboxylic acids is 1. The summed E-state index contributed by atoms with van der Waals surface area (Å²) in [6.45, 7) is 3.18. The lowest BCUT2D eigenvalue weighted by Crippen LogP contribution is -2.50. The molecular formula is C17H29NO3. The molecule has 4 heteroatoms. The molecule has 0 aromatic carbocycles. The molecule has 1 aliphatic carbocycles. The molecule has 1 N–H and O–H groups in total. The molecule has 21 heavy (non-hydrogen) atoms. The number of carbonyl (C=O) groups is 2. The van der Waals surface area contributed by atoms with Gasteiger partial charge in [-0.3, -0.25) is 9.59 Å². The standard InChI is InChI=1S/C17H29NO3/c1-2-9-17(16(20)21)10-6-11-18(13-17)15(19)12-14-7-4-3-5-8-14/h14H,2-13H2,1H3,(H,20,21). The van der Waals surface area contributed by atoms with Gasteiger partial charge in [-0.25, -0.2) is 0 Å². The highest BCUT2D eigenvalue weighted by Crippen LogP contribution is 2.36. The zero-order valence-corrected chi connectivity index (χ0v) is 13.3. The lowest BCUT2D eigenvalue weighted by molar-refractivity contribution is -0.155. The topological polar surface area (TPSA) is 57.6 Å². The minimum Gasteiger partial charge on any atom is -0.481 e. The van der Waals surface area contributed by atoms with Crippen LogP contribution in [0.1, 0.15) is 71.1 Å². The van der Waals surface area contributed by atoms with Crippen LogP contribution in [-0.4, -0.2) is 35.0 Å². The molecule has 1 atom stereocenters. The second kappa shape index (κ2) is 7.28. The predicted molar refractivity (Wildman–Crippen MR) is 82.0 cm³/mol. The van der Waals surface area contributed by atoms with Crippen LogP contribution in [0.15, 0.2) is 0 Å². The zero-order chi connectivity index (χ0) is 15.3. The molecule has 1 saturated carbocycles. The lowest BCUT2D eigenvalue weighted by atomic mass is 9.76. The molecule has 0 aromatic heterocycles. The van der Waals surface area contributed by atoms with Gasteiger partial charge in [0.05, 0.1) is 5.41 Å². The molecule has 0 spiro atoms. The van der Waals surface area contributed by atoms with Crippen molar-refractivity contribution in [2.75, 3.05) is 13.1 Å². The first-order chi connectivity index (χ1) is 10.1. The van der Waals surface area contributed by atoms with E-state index in [0.717, 1.165) is 19.4 Å². The Morgan fingerprint density at radius 3 is 2.52 bits per heavy atom. The summed E-state index contributed by atoms with van der Waals surface area (Å²) in [6.07, 6.45) is 9.81. The maximum Gasteiger partial charge on any atom is 0.311 e. The largest absolute Gasteiger partial charge is 0.481 e. The normalized spacial score (nSPS) is 27.6. The van der Waals surface area contributed by atoms with Crippen LogP contribution in [0.3, 0.4) is 0 Å². The van der Waals surface area contributed by atoms with E-state index < -0.39 is 11.4 Å². The van der Waals surface area contributed by atoms with E-state index in [2.05, 4.69) is 0 Å². The van der Waals surface area contributed by atoms with E-state index in [-0.39, 0.29) is 5.91 Å². The molecule has 1 amide bonds. The van der Waals surface area contributed by atoms with Crippen LogP contribution in [0.25, 0.3) is 0 Å². The summed E-state index contributed by atoms with van der Waals surface area (Å²) in [7, 11) is 0. The maximum absolute atomic E-state index is 12.5. The first kappa shape index (κ1) is 16.3.